The number of rotatable bonds is 8. The molecule has 2 atom stereocenters. The van der Waals surface area contributed by atoms with Crippen molar-refractivity contribution in [1.29, 1.82) is 0 Å². The summed E-state index contributed by atoms with van der Waals surface area (Å²) in [6.45, 7) is 4.62. The van der Waals surface area contributed by atoms with Gasteiger partial charge in [0.25, 0.3) is 17.7 Å². The normalized spacial score (nSPS) is 14.9. The molecule has 1 aromatic carbocycles. The van der Waals surface area contributed by atoms with Crippen LogP contribution in [-0.4, -0.2) is 59.7 Å². The van der Waals surface area contributed by atoms with Crippen molar-refractivity contribution < 1.29 is 28.7 Å². The van der Waals surface area contributed by atoms with Gasteiger partial charge in [0.2, 0.25) is 5.91 Å². The Morgan fingerprint density at radius 3 is 2.18 bits per heavy atom. The predicted molar refractivity (Wildman–Crippen MR) is 98.3 cm³/mol. The van der Waals surface area contributed by atoms with Crippen LogP contribution in [0.1, 0.15) is 47.9 Å². The third kappa shape index (κ3) is 4.54. The summed E-state index contributed by atoms with van der Waals surface area (Å²) in [6.07, 6.45) is 0.764. The van der Waals surface area contributed by atoms with E-state index in [-0.39, 0.29) is 17.0 Å². The van der Waals surface area contributed by atoms with Crippen molar-refractivity contribution in [3.8, 4) is 0 Å². The number of nitrogens with one attached hydrogen (secondary N) is 2. The van der Waals surface area contributed by atoms with Gasteiger partial charge in [-0.15, -0.1) is 0 Å². The molecule has 28 heavy (non-hydrogen) atoms. The molecule has 0 aliphatic carbocycles. The summed E-state index contributed by atoms with van der Waals surface area (Å²) in [7, 11) is 0. The molecule has 2 rings (SSSR count). The maximum Gasteiger partial charge on any atom is 0.329 e. The topological polar surface area (TPSA) is 122 Å². The zero-order valence-corrected chi connectivity index (χ0v) is 16.0. The zero-order chi connectivity index (χ0) is 20.8. The molecule has 9 nitrogen and oxygen atoms in total. The maximum absolute atomic E-state index is 12.4. The van der Waals surface area contributed by atoms with Crippen LogP contribution in [0, 0.1) is 0 Å². The molecule has 0 saturated carbocycles. The Morgan fingerprint density at radius 2 is 1.64 bits per heavy atom. The number of esters is 1. The van der Waals surface area contributed by atoms with Gasteiger partial charge in [-0.25, -0.2) is 4.79 Å². The van der Waals surface area contributed by atoms with E-state index in [4.69, 9.17) is 4.74 Å². The Kier molecular flexibility index (Phi) is 6.86. The van der Waals surface area contributed by atoms with E-state index in [0.717, 1.165) is 11.3 Å². The van der Waals surface area contributed by atoms with Gasteiger partial charge in [-0.3, -0.25) is 24.1 Å². The summed E-state index contributed by atoms with van der Waals surface area (Å²) in [5, 5.41) is 5.04. The fraction of sp³-hybridized carbons (Fsp3) is 0.421. The van der Waals surface area contributed by atoms with Gasteiger partial charge in [0.05, 0.1) is 11.1 Å². The Balaban J connectivity index is 1.88. The summed E-state index contributed by atoms with van der Waals surface area (Å²) < 4.78 is 4.91. The minimum absolute atomic E-state index is 0.219. The summed E-state index contributed by atoms with van der Waals surface area (Å²) >= 11 is 0. The van der Waals surface area contributed by atoms with Crippen LogP contribution >= 0.6 is 0 Å². The van der Waals surface area contributed by atoms with E-state index >= 15 is 0 Å². The molecule has 1 heterocycles. The van der Waals surface area contributed by atoms with Crippen molar-refractivity contribution in [2.24, 2.45) is 0 Å². The molecule has 0 spiro atoms. The minimum atomic E-state index is -1.19. The van der Waals surface area contributed by atoms with E-state index in [9.17, 15) is 24.0 Å². The lowest BCUT2D eigenvalue weighted by atomic mass is 10.1. The van der Waals surface area contributed by atoms with E-state index in [1.54, 1.807) is 12.1 Å². The van der Waals surface area contributed by atoms with Gasteiger partial charge in [0.15, 0.2) is 6.61 Å². The number of fused-ring (bicyclic) bond motifs is 1. The van der Waals surface area contributed by atoms with Crippen LogP contribution in [0.15, 0.2) is 24.3 Å². The molecule has 0 saturated heterocycles. The van der Waals surface area contributed by atoms with E-state index in [1.165, 1.54) is 26.0 Å². The van der Waals surface area contributed by atoms with Crippen molar-refractivity contribution in [2.45, 2.75) is 39.3 Å². The third-order valence-corrected chi connectivity index (χ3v) is 4.22. The number of ether oxygens (including phenoxy) is 1. The van der Waals surface area contributed by atoms with Crippen molar-refractivity contribution in [2.75, 3.05) is 13.2 Å². The molecule has 0 unspecified atom stereocenters. The van der Waals surface area contributed by atoms with Gasteiger partial charge >= 0.3 is 5.97 Å². The number of benzene rings is 1. The van der Waals surface area contributed by atoms with Gasteiger partial charge in [-0.1, -0.05) is 19.1 Å². The second-order valence-electron chi connectivity index (χ2n) is 6.39. The highest BCUT2D eigenvalue weighted by Gasteiger charge is 2.41. The molecular weight excluding hydrogens is 366 g/mol. The minimum Gasteiger partial charge on any atom is -0.454 e. The second-order valence-corrected chi connectivity index (χ2v) is 6.39. The molecule has 1 aromatic rings. The van der Waals surface area contributed by atoms with E-state index < -0.39 is 42.4 Å². The summed E-state index contributed by atoms with van der Waals surface area (Å²) in [5.41, 5.74) is 0.439. The predicted octanol–water partition coefficient (Wildman–Crippen LogP) is 0.245. The number of carbonyl (C=O) groups excluding carboxylic acids is 5. The monoisotopic (exact) mass is 389 g/mol. The van der Waals surface area contributed by atoms with Gasteiger partial charge < -0.3 is 15.4 Å². The number of hydrogen-bond donors (Lipinski definition) is 2. The van der Waals surface area contributed by atoms with Gasteiger partial charge in [-0.05, 0) is 32.4 Å². The molecule has 9 heteroatoms. The average Bonchev–Trinajstić information content (AvgIpc) is 2.94. The lowest BCUT2D eigenvalue weighted by Crippen LogP contribution is -2.47. The number of carbonyl (C=O) groups is 5. The van der Waals surface area contributed by atoms with E-state index in [1.807, 2.05) is 6.92 Å². The number of nitrogens with zero attached hydrogens (tertiary/aromatic N) is 1. The highest BCUT2D eigenvalue weighted by molar-refractivity contribution is 6.22. The second kappa shape index (κ2) is 9.12. The molecule has 150 valence electrons. The zero-order valence-electron chi connectivity index (χ0n) is 16.0. The molecule has 2 N–H and O–H groups in total. The molecule has 1 aliphatic rings. The fourth-order valence-electron chi connectivity index (χ4n) is 2.67. The molecule has 0 radical (unpaired) electrons. The molecule has 0 fully saturated rings. The first-order valence-electron chi connectivity index (χ1n) is 8.98. The SMILES string of the molecule is CCCNC(=O)[C@H](C)NC(=O)COC(=O)[C@@H](C)N1C(=O)c2ccccc2C1=O. The van der Waals surface area contributed by atoms with Crippen LogP contribution in [0.4, 0.5) is 0 Å². The number of imide groups is 1. The fourth-order valence-corrected chi connectivity index (χ4v) is 2.67. The van der Waals surface area contributed by atoms with Crippen LogP contribution in [-0.2, 0) is 19.1 Å². The summed E-state index contributed by atoms with van der Waals surface area (Å²) in [6, 6.07) is 4.28. The van der Waals surface area contributed by atoms with Crippen molar-refractivity contribution >= 4 is 29.6 Å². The average molecular weight is 389 g/mol. The molecule has 0 bridgehead atoms. The Morgan fingerprint density at radius 1 is 1.07 bits per heavy atom. The van der Waals surface area contributed by atoms with E-state index in [0.29, 0.717) is 6.54 Å². The van der Waals surface area contributed by atoms with Crippen molar-refractivity contribution in [3.05, 3.63) is 35.4 Å². The Hall–Kier alpha value is -3.23. The van der Waals surface area contributed by atoms with Crippen molar-refractivity contribution in [3.63, 3.8) is 0 Å². The summed E-state index contributed by atoms with van der Waals surface area (Å²) in [4.78, 5) is 61.4. The number of amides is 4. The molecular formula is C19H23N3O6. The highest BCUT2D eigenvalue weighted by Crippen LogP contribution is 2.24. The molecule has 0 aromatic heterocycles. The van der Waals surface area contributed by atoms with Gasteiger partial charge in [-0.2, -0.15) is 0 Å². The first-order chi connectivity index (χ1) is 13.3. The third-order valence-electron chi connectivity index (χ3n) is 4.22. The quantitative estimate of drug-likeness (QED) is 0.485. The number of hydrogen-bond acceptors (Lipinski definition) is 6. The lowest BCUT2D eigenvalue weighted by molar-refractivity contribution is -0.152. The molecule has 4 amide bonds. The van der Waals surface area contributed by atoms with Crippen LogP contribution in [0.2, 0.25) is 0 Å². The van der Waals surface area contributed by atoms with Crippen LogP contribution < -0.4 is 10.6 Å². The van der Waals surface area contributed by atoms with Crippen LogP contribution in [0.3, 0.4) is 0 Å². The standard InChI is InChI=1S/C19H23N3O6/c1-4-9-20-16(24)11(2)21-15(23)10-28-19(27)12(3)22-17(25)13-7-5-6-8-14(13)18(22)26/h5-8,11-12H,4,9-10H2,1-3H3,(H,20,24)(H,21,23)/t11-,12+/m0/s1. The smallest absolute Gasteiger partial charge is 0.329 e. The Labute approximate surface area is 162 Å². The first-order valence-corrected chi connectivity index (χ1v) is 8.98. The first kappa shape index (κ1) is 21.1. The van der Waals surface area contributed by atoms with Gasteiger partial charge in [0, 0.05) is 6.54 Å². The largest absolute Gasteiger partial charge is 0.454 e. The van der Waals surface area contributed by atoms with Crippen LogP contribution in [0.5, 0.6) is 0 Å². The lowest BCUT2D eigenvalue weighted by Gasteiger charge is -2.21. The Bertz CT molecular complexity index is 772. The van der Waals surface area contributed by atoms with Gasteiger partial charge in [0.1, 0.15) is 12.1 Å². The van der Waals surface area contributed by atoms with Crippen molar-refractivity contribution in [1.82, 2.24) is 15.5 Å². The van der Waals surface area contributed by atoms with Crippen LogP contribution in [0.25, 0.3) is 0 Å². The molecule has 1 aliphatic heterocycles. The maximum atomic E-state index is 12.4. The summed E-state index contributed by atoms with van der Waals surface area (Å²) in [5.74, 6) is -3.08. The highest BCUT2D eigenvalue weighted by atomic mass is 16.5. The van der Waals surface area contributed by atoms with E-state index in [2.05, 4.69) is 10.6 Å².